The molecule has 4 rings (SSSR count). The first-order valence-corrected chi connectivity index (χ1v) is 8.74. The van der Waals surface area contributed by atoms with Gasteiger partial charge < -0.3 is 19.5 Å². The van der Waals surface area contributed by atoms with Gasteiger partial charge in [0.15, 0.2) is 6.23 Å². The maximum Gasteiger partial charge on any atom is 0.416 e. The van der Waals surface area contributed by atoms with Crippen LogP contribution in [0.15, 0.2) is 30.9 Å². The molecule has 2 atom stereocenters. The Bertz CT molecular complexity index is 773. The van der Waals surface area contributed by atoms with Gasteiger partial charge in [0.05, 0.1) is 24.4 Å². The highest BCUT2D eigenvalue weighted by molar-refractivity contribution is 6.05. The van der Waals surface area contributed by atoms with Gasteiger partial charge in [0.1, 0.15) is 12.4 Å². The number of anilines is 1. The van der Waals surface area contributed by atoms with Crippen LogP contribution in [0.4, 0.5) is 10.5 Å². The Balaban J connectivity index is 1.80. The Morgan fingerprint density at radius 3 is 2.88 bits per heavy atom. The molecule has 1 saturated heterocycles. The van der Waals surface area contributed by atoms with E-state index in [2.05, 4.69) is 6.58 Å². The zero-order valence-electron chi connectivity index (χ0n) is 14.7. The number of amides is 2. The van der Waals surface area contributed by atoms with E-state index in [1.807, 2.05) is 0 Å². The van der Waals surface area contributed by atoms with Gasteiger partial charge in [-0.2, -0.15) is 0 Å². The number of carbonyl (C=O) groups excluding carboxylic acids is 2. The highest BCUT2D eigenvalue weighted by Gasteiger charge is 2.57. The van der Waals surface area contributed by atoms with Gasteiger partial charge in [-0.25, -0.2) is 9.69 Å². The van der Waals surface area contributed by atoms with Gasteiger partial charge in [0, 0.05) is 6.54 Å². The van der Waals surface area contributed by atoms with E-state index >= 15 is 0 Å². The minimum Gasteiger partial charge on any atom is -0.497 e. The monoisotopic (exact) mass is 358 g/mol. The molecule has 7 nitrogen and oxygen atoms in total. The summed E-state index contributed by atoms with van der Waals surface area (Å²) in [5, 5.41) is 11.0. The van der Waals surface area contributed by atoms with Crippen molar-refractivity contribution < 1.29 is 24.2 Å². The van der Waals surface area contributed by atoms with Crippen molar-refractivity contribution in [3.8, 4) is 5.75 Å². The molecule has 1 saturated carbocycles. The second kappa shape index (κ2) is 6.02. The van der Waals surface area contributed by atoms with E-state index in [0.717, 1.165) is 12.8 Å². The van der Waals surface area contributed by atoms with E-state index in [0.29, 0.717) is 30.0 Å². The average Bonchev–Trinajstić information content (AvgIpc) is 3.30. The zero-order chi connectivity index (χ0) is 18.5. The second-order valence-corrected chi connectivity index (χ2v) is 7.24. The molecule has 1 aliphatic carbocycles. The fourth-order valence-electron chi connectivity index (χ4n) is 4.02. The van der Waals surface area contributed by atoms with Crippen LogP contribution in [0.5, 0.6) is 5.75 Å². The predicted molar refractivity (Wildman–Crippen MR) is 94.1 cm³/mol. The van der Waals surface area contributed by atoms with Crippen molar-refractivity contribution in [2.45, 2.75) is 31.5 Å². The van der Waals surface area contributed by atoms with Gasteiger partial charge in [0.25, 0.3) is 5.91 Å². The van der Waals surface area contributed by atoms with Gasteiger partial charge in [-0.05, 0) is 42.9 Å². The van der Waals surface area contributed by atoms with Crippen LogP contribution in [0, 0.1) is 5.41 Å². The van der Waals surface area contributed by atoms with Crippen LogP contribution < -0.4 is 9.64 Å². The normalized spacial score (nSPS) is 25.4. The van der Waals surface area contributed by atoms with Crippen LogP contribution >= 0.6 is 0 Å². The Morgan fingerprint density at radius 2 is 2.23 bits per heavy atom. The molecule has 2 fully saturated rings. The van der Waals surface area contributed by atoms with E-state index in [-0.39, 0.29) is 17.9 Å². The van der Waals surface area contributed by atoms with Crippen LogP contribution in [0.25, 0.3) is 0 Å². The number of aliphatic hydroxyl groups excluding tert-OH is 1. The number of methoxy groups -OCH3 is 1. The molecular formula is C19H22N2O5. The summed E-state index contributed by atoms with van der Waals surface area (Å²) in [6, 6.07) is 4.43. The molecule has 26 heavy (non-hydrogen) atoms. The van der Waals surface area contributed by atoms with Gasteiger partial charge in [-0.1, -0.05) is 12.7 Å². The summed E-state index contributed by atoms with van der Waals surface area (Å²) in [7, 11) is 1.52. The number of nitrogens with zero attached hydrogens (tertiary/aromatic N) is 2. The maximum atomic E-state index is 13.2. The predicted octanol–water partition coefficient (Wildman–Crippen LogP) is 2.15. The van der Waals surface area contributed by atoms with Crippen molar-refractivity contribution in [1.29, 1.82) is 0 Å². The number of aliphatic hydroxyl groups is 1. The lowest BCUT2D eigenvalue weighted by atomic mass is 10.0. The van der Waals surface area contributed by atoms with Gasteiger partial charge in [-0.3, -0.25) is 4.79 Å². The lowest BCUT2D eigenvalue weighted by Crippen LogP contribution is -2.50. The van der Waals surface area contributed by atoms with Crippen LogP contribution in [0.2, 0.25) is 0 Å². The molecule has 2 aliphatic heterocycles. The number of hydrogen-bond acceptors (Lipinski definition) is 5. The summed E-state index contributed by atoms with van der Waals surface area (Å²) in [6.45, 7) is 4.18. The van der Waals surface area contributed by atoms with E-state index in [4.69, 9.17) is 9.47 Å². The van der Waals surface area contributed by atoms with E-state index in [9.17, 15) is 14.7 Å². The molecule has 0 bridgehead atoms. The average molecular weight is 358 g/mol. The van der Waals surface area contributed by atoms with E-state index < -0.39 is 18.4 Å². The number of rotatable bonds is 3. The highest BCUT2D eigenvalue weighted by atomic mass is 16.6. The molecule has 3 aliphatic rings. The standard InChI is InChI=1S/C19H22N2O5/c1-3-8-26-18(24)21-14-5-4-12(25-2)9-13(14)16(22)20-11-19(6-7-19)10-15(20)17(21)23/h3-5,9,15,17,23H,1,6-8,10-11H2,2H3. The Labute approximate surface area is 151 Å². The number of ether oxygens (including phenoxy) is 2. The van der Waals surface area contributed by atoms with Crippen LogP contribution in [0.3, 0.4) is 0 Å². The molecule has 1 aromatic carbocycles. The quantitative estimate of drug-likeness (QED) is 0.838. The molecule has 2 unspecified atom stereocenters. The highest BCUT2D eigenvalue weighted by Crippen LogP contribution is 2.56. The third-order valence-corrected chi connectivity index (χ3v) is 5.59. The number of fused-ring (bicyclic) bond motifs is 2. The third-order valence-electron chi connectivity index (χ3n) is 5.59. The van der Waals surface area contributed by atoms with Gasteiger partial charge in [0.2, 0.25) is 0 Å². The summed E-state index contributed by atoms with van der Waals surface area (Å²) in [5.74, 6) is 0.329. The number of hydrogen-bond donors (Lipinski definition) is 1. The first-order valence-electron chi connectivity index (χ1n) is 8.74. The summed E-state index contributed by atoms with van der Waals surface area (Å²) in [4.78, 5) is 28.7. The molecule has 2 amide bonds. The lowest BCUT2D eigenvalue weighted by molar-refractivity contribution is 0.0496. The largest absolute Gasteiger partial charge is 0.497 e. The molecule has 0 radical (unpaired) electrons. The van der Waals surface area contributed by atoms with Crippen molar-refractivity contribution in [3.63, 3.8) is 0 Å². The number of benzene rings is 1. The van der Waals surface area contributed by atoms with Crippen LogP contribution in [0.1, 0.15) is 29.6 Å². The Morgan fingerprint density at radius 1 is 1.46 bits per heavy atom. The fourth-order valence-corrected chi connectivity index (χ4v) is 4.02. The third kappa shape index (κ3) is 2.54. The topological polar surface area (TPSA) is 79.3 Å². The van der Waals surface area contributed by atoms with Crippen molar-refractivity contribution in [2.75, 3.05) is 25.2 Å². The molecule has 1 aromatic rings. The van der Waals surface area contributed by atoms with E-state index in [1.54, 1.807) is 23.1 Å². The van der Waals surface area contributed by atoms with Crippen molar-refractivity contribution in [1.82, 2.24) is 4.90 Å². The fraction of sp³-hybridized carbons (Fsp3) is 0.474. The summed E-state index contributed by atoms with van der Waals surface area (Å²) in [6.07, 6.45) is 2.39. The lowest BCUT2D eigenvalue weighted by Gasteiger charge is -2.31. The molecule has 2 heterocycles. The smallest absolute Gasteiger partial charge is 0.416 e. The molecule has 7 heteroatoms. The Hall–Kier alpha value is -2.54. The minimum atomic E-state index is -1.16. The van der Waals surface area contributed by atoms with Crippen molar-refractivity contribution >= 4 is 17.7 Å². The van der Waals surface area contributed by atoms with Gasteiger partial charge >= 0.3 is 6.09 Å². The van der Waals surface area contributed by atoms with Crippen molar-refractivity contribution in [3.05, 3.63) is 36.4 Å². The number of carbonyl (C=O) groups is 2. The van der Waals surface area contributed by atoms with Crippen LogP contribution in [-0.4, -0.2) is 54.5 Å². The SMILES string of the molecule is C=CCOC(=O)N1c2ccc(OC)cc2C(=O)N2CC3(CC3)CC2C1O. The van der Waals surface area contributed by atoms with E-state index in [1.165, 1.54) is 18.1 Å². The molecule has 138 valence electrons. The molecular weight excluding hydrogens is 336 g/mol. The molecule has 1 N–H and O–H groups in total. The minimum absolute atomic E-state index is 0.0276. The maximum absolute atomic E-state index is 13.2. The first kappa shape index (κ1) is 16.9. The van der Waals surface area contributed by atoms with Crippen LogP contribution in [-0.2, 0) is 4.74 Å². The zero-order valence-corrected chi connectivity index (χ0v) is 14.7. The summed E-state index contributed by atoms with van der Waals surface area (Å²) in [5.41, 5.74) is 0.754. The molecule has 1 spiro atoms. The molecule has 0 aromatic heterocycles. The summed E-state index contributed by atoms with van der Waals surface area (Å²) < 4.78 is 10.4. The Kier molecular flexibility index (Phi) is 3.91. The van der Waals surface area contributed by atoms with Crippen molar-refractivity contribution in [2.24, 2.45) is 5.41 Å². The second-order valence-electron chi connectivity index (χ2n) is 7.24. The summed E-state index contributed by atoms with van der Waals surface area (Å²) >= 11 is 0. The van der Waals surface area contributed by atoms with Gasteiger partial charge in [-0.15, -0.1) is 0 Å². The first-order chi connectivity index (χ1) is 12.5.